The zero-order valence-electron chi connectivity index (χ0n) is 16.6. The topological polar surface area (TPSA) is 69.2 Å². The molecule has 0 bridgehead atoms. The second-order valence-corrected chi connectivity index (χ2v) is 7.00. The molecule has 1 heterocycles. The average molecular weight is 402 g/mol. The summed E-state index contributed by atoms with van der Waals surface area (Å²) in [5.41, 5.74) is 6.59. The fourth-order valence-electron chi connectivity index (χ4n) is 2.96. The van der Waals surface area contributed by atoms with Gasteiger partial charge in [-0.05, 0) is 60.0 Å². The Morgan fingerprint density at radius 3 is 2.53 bits per heavy atom. The summed E-state index contributed by atoms with van der Waals surface area (Å²) >= 11 is 0. The van der Waals surface area contributed by atoms with Gasteiger partial charge in [-0.25, -0.2) is 5.43 Å². The Balaban J connectivity index is 1.24. The Bertz CT molecular complexity index is 1040. The maximum atomic E-state index is 12.1. The van der Waals surface area contributed by atoms with Crippen molar-refractivity contribution in [2.45, 2.75) is 20.0 Å². The Morgan fingerprint density at radius 2 is 1.73 bits per heavy atom. The van der Waals surface area contributed by atoms with Crippen LogP contribution in [-0.2, 0) is 17.8 Å². The zero-order chi connectivity index (χ0) is 20.8. The number of ether oxygens (including phenoxy) is 3. The van der Waals surface area contributed by atoms with Gasteiger partial charge in [-0.15, -0.1) is 0 Å². The van der Waals surface area contributed by atoms with Crippen molar-refractivity contribution < 1.29 is 19.0 Å². The van der Waals surface area contributed by atoms with Crippen molar-refractivity contribution in [1.82, 2.24) is 5.43 Å². The first kappa shape index (κ1) is 19.5. The molecule has 3 aromatic rings. The van der Waals surface area contributed by atoms with E-state index >= 15 is 0 Å². The lowest BCUT2D eigenvalue weighted by Gasteiger charge is -2.07. The average Bonchev–Trinajstić information content (AvgIpc) is 3.22. The lowest BCUT2D eigenvalue weighted by molar-refractivity contribution is -0.120. The first-order chi connectivity index (χ1) is 14.7. The Labute approximate surface area is 175 Å². The number of amides is 1. The molecule has 4 rings (SSSR count). The molecule has 0 aromatic heterocycles. The number of hydrogen-bond donors (Lipinski definition) is 1. The minimum Gasteiger partial charge on any atom is -0.489 e. The number of fused-ring (bicyclic) bond motifs is 1. The molecule has 0 fully saturated rings. The van der Waals surface area contributed by atoms with E-state index < -0.39 is 0 Å². The third-order valence-electron chi connectivity index (χ3n) is 4.61. The Kier molecular flexibility index (Phi) is 5.94. The highest BCUT2D eigenvalue weighted by Gasteiger charge is 2.14. The van der Waals surface area contributed by atoms with Gasteiger partial charge in [0.25, 0.3) is 0 Å². The van der Waals surface area contributed by atoms with Crippen LogP contribution in [0.25, 0.3) is 0 Å². The van der Waals surface area contributed by atoms with Crippen LogP contribution in [0, 0.1) is 6.92 Å². The monoisotopic (exact) mass is 402 g/mol. The number of rotatable bonds is 7. The summed E-state index contributed by atoms with van der Waals surface area (Å²) in [4.78, 5) is 12.1. The molecule has 0 aliphatic carbocycles. The molecule has 0 radical (unpaired) electrons. The third-order valence-corrected chi connectivity index (χ3v) is 4.61. The molecule has 1 aliphatic rings. The van der Waals surface area contributed by atoms with E-state index in [1.54, 1.807) is 18.3 Å². The number of benzene rings is 3. The molecule has 152 valence electrons. The Hall–Kier alpha value is -3.80. The Morgan fingerprint density at radius 1 is 1.00 bits per heavy atom. The van der Waals surface area contributed by atoms with Crippen LogP contribution >= 0.6 is 0 Å². The van der Waals surface area contributed by atoms with Crippen molar-refractivity contribution in [3.8, 4) is 17.2 Å². The molecular weight excluding hydrogens is 380 g/mol. The van der Waals surface area contributed by atoms with Gasteiger partial charge >= 0.3 is 0 Å². The van der Waals surface area contributed by atoms with Crippen LogP contribution in [0.1, 0.15) is 22.3 Å². The number of nitrogens with one attached hydrogen (secondary N) is 1. The molecule has 0 spiro atoms. The van der Waals surface area contributed by atoms with Crippen molar-refractivity contribution in [1.29, 1.82) is 0 Å². The summed E-state index contributed by atoms with van der Waals surface area (Å²) in [6, 6.07) is 21.2. The van der Waals surface area contributed by atoms with Gasteiger partial charge in [0.15, 0.2) is 11.5 Å². The molecule has 3 aromatic carbocycles. The maximum Gasteiger partial charge on any atom is 0.244 e. The number of nitrogens with zero attached hydrogens (tertiary/aromatic N) is 1. The molecule has 6 nitrogen and oxygen atoms in total. The SMILES string of the molecule is Cc1ccc(COc2ccc(/C=N/NC(=O)Cc3ccc4c(c3)OCO4)cc2)cc1. The normalized spacial score (nSPS) is 12.2. The quantitative estimate of drug-likeness (QED) is 0.479. The standard InChI is InChI=1S/C24H22N2O4/c1-17-2-4-19(5-3-17)15-28-21-9-6-18(7-10-21)14-25-26-24(27)13-20-8-11-22-23(12-20)30-16-29-22/h2-12,14H,13,15-16H2,1H3,(H,26,27)/b25-14+. The molecule has 1 N–H and O–H groups in total. The first-order valence-electron chi connectivity index (χ1n) is 9.64. The molecule has 6 heteroatoms. The third kappa shape index (κ3) is 5.17. The minimum absolute atomic E-state index is 0.205. The highest BCUT2D eigenvalue weighted by atomic mass is 16.7. The van der Waals surface area contributed by atoms with Crippen LogP contribution in [0.4, 0.5) is 0 Å². The summed E-state index contributed by atoms with van der Waals surface area (Å²) in [6.07, 6.45) is 1.81. The summed E-state index contributed by atoms with van der Waals surface area (Å²) in [6.45, 7) is 2.79. The maximum absolute atomic E-state index is 12.1. The van der Waals surface area contributed by atoms with Gasteiger partial charge in [0, 0.05) is 0 Å². The lowest BCUT2D eigenvalue weighted by Crippen LogP contribution is -2.19. The summed E-state index contributed by atoms with van der Waals surface area (Å²) in [5.74, 6) is 1.93. The number of aryl methyl sites for hydroxylation is 1. The van der Waals surface area contributed by atoms with Crippen molar-refractivity contribution in [3.63, 3.8) is 0 Å². The summed E-state index contributed by atoms with van der Waals surface area (Å²) in [5, 5.41) is 4.02. The van der Waals surface area contributed by atoms with E-state index in [9.17, 15) is 4.79 Å². The number of hydrazone groups is 1. The van der Waals surface area contributed by atoms with Gasteiger partial charge in [-0.2, -0.15) is 5.10 Å². The molecule has 0 saturated heterocycles. The van der Waals surface area contributed by atoms with E-state index in [2.05, 4.69) is 41.7 Å². The van der Waals surface area contributed by atoms with Gasteiger partial charge in [0.1, 0.15) is 12.4 Å². The second-order valence-electron chi connectivity index (χ2n) is 7.00. The molecule has 30 heavy (non-hydrogen) atoms. The van der Waals surface area contributed by atoms with Gasteiger partial charge in [0.2, 0.25) is 12.7 Å². The molecule has 0 unspecified atom stereocenters. The van der Waals surface area contributed by atoms with Crippen LogP contribution in [0.2, 0.25) is 0 Å². The van der Waals surface area contributed by atoms with Crippen LogP contribution in [-0.4, -0.2) is 18.9 Å². The van der Waals surface area contributed by atoms with E-state index in [-0.39, 0.29) is 19.1 Å². The summed E-state index contributed by atoms with van der Waals surface area (Å²) < 4.78 is 16.4. The van der Waals surface area contributed by atoms with E-state index in [1.165, 1.54) is 5.56 Å². The van der Waals surface area contributed by atoms with Crippen LogP contribution in [0.5, 0.6) is 17.2 Å². The van der Waals surface area contributed by atoms with Crippen molar-refractivity contribution in [2.24, 2.45) is 5.10 Å². The second kappa shape index (κ2) is 9.13. The molecule has 1 aliphatic heterocycles. The van der Waals surface area contributed by atoms with Crippen molar-refractivity contribution in [3.05, 3.63) is 89.0 Å². The van der Waals surface area contributed by atoms with Crippen LogP contribution in [0.3, 0.4) is 0 Å². The fraction of sp³-hybridized carbons (Fsp3) is 0.167. The lowest BCUT2D eigenvalue weighted by atomic mass is 10.1. The number of carbonyl (C=O) groups excluding carboxylic acids is 1. The minimum atomic E-state index is -0.205. The highest BCUT2D eigenvalue weighted by Crippen LogP contribution is 2.32. The van der Waals surface area contributed by atoms with Gasteiger partial charge in [0.05, 0.1) is 12.6 Å². The van der Waals surface area contributed by atoms with E-state index in [4.69, 9.17) is 14.2 Å². The molecule has 0 saturated carbocycles. The van der Waals surface area contributed by atoms with E-state index in [0.717, 1.165) is 22.4 Å². The smallest absolute Gasteiger partial charge is 0.244 e. The zero-order valence-corrected chi connectivity index (χ0v) is 16.6. The highest BCUT2D eigenvalue weighted by molar-refractivity contribution is 5.83. The molecular formula is C24H22N2O4. The van der Waals surface area contributed by atoms with Crippen molar-refractivity contribution in [2.75, 3.05) is 6.79 Å². The van der Waals surface area contributed by atoms with Gasteiger partial charge in [-0.1, -0.05) is 35.9 Å². The first-order valence-corrected chi connectivity index (χ1v) is 9.64. The predicted molar refractivity (Wildman–Crippen MR) is 114 cm³/mol. The van der Waals surface area contributed by atoms with Crippen LogP contribution in [0.15, 0.2) is 71.8 Å². The fourth-order valence-corrected chi connectivity index (χ4v) is 2.96. The number of hydrogen-bond acceptors (Lipinski definition) is 5. The van der Waals surface area contributed by atoms with Gasteiger partial charge < -0.3 is 14.2 Å². The predicted octanol–water partition coefficient (Wildman–Crippen LogP) is 4.00. The molecule has 1 amide bonds. The number of carbonyl (C=O) groups is 1. The van der Waals surface area contributed by atoms with E-state index in [1.807, 2.05) is 30.3 Å². The summed E-state index contributed by atoms with van der Waals surface area (Å²) in [7, 11) is 0. The van der Waals surface area contributed by atoms with Gasteiger partial charge in [-0.3, -0.25) is 4.79 Å². The van der Waals surface area contributed by atoms with Crippen molar-refractivity contribution >= 4 is 12.1 Å². The largest absolute Gasteiger partial charge is 0.489 e. The molecule has 0 atom stereocenters. The van der Waals surface area contributed by atoms with E-state index in [0.29, 0.717) is 18.1 Å². The van der Waals surface area contributed by atoms with Crippen LogP contribution < -0.4 is 19.6 Å².